The van der Waals surface area contributed by atoms with E-state index in [0.29, 0.717) is 23.7 Å². The Balaban J connectivity index is 0.992. The van der Waals surface area contributed by atoms with Crippen LogP contribution in [0.25, 0.3) is 49.9 Å². The van der Waals surface area contributed by atoms with Crippen LogP contribution in [-0.4, -0.2) is 34.8 Å². The molecule has 5 aromatic rings. The quantitative estimate of drug-likeness (QED) is 0.164. The standard InChI is InChI=1S/C62H60N4/c1-38-15-12-18-44(31-38)46-29-30-49(41(4)33-46)57-36-52(54-35-53-51-23-10-11-24-55(51)62(5,6)56(53)37-58(54)63-57)47-20-14-19-45(34-47)42-25-27-43(28-26-42)59-64-60(48-21-13-16-39(2)32-48)66(7)61(65-59)50-22-9-8-17-40(50)3/h8-14,17-32,34-41,50,61H,15-16,33H2,1-7H3. The fraction of sp³-hybridized carbons (Fsp3) is 0.274. The number of benzene rings is 4. The molecule has 6 unspecified atom stereocenters. The van der Waals surface area contributed by atoms with Crippen molar-refractivity contribution in [2.24, 2.45) is 39.6 Å². The highest BCUT2D eigenvalue weighted by Gasteiger charge is 2.37. The molecule has 4 heteroatoms. The van der Waals surface area contributed by atoms with Crippen molar-refractivity contribution in [2.75, 3.05) is 7.05 Å². The van der Waals surface area contributed by atoms with Gasteiger partial charge in [-0.1, -0.05) is 181 Å². The Morgan fingerprint density at radius 2 is 1.38 bits per heavy atom. The number of allylic oxidation sites excluding steroid dienone is 13. The average molecular weight is 861 g/mol. The van der Waals surface area contributed by atoms with E-state index in [1.54, 1.807) is 0 Å². The molecule has 4 nitrogen and oxygen atoms in total. The molecule has 6 atom stereocenters. The second-order valence-corrected chi connectivity index (χ2v) is 20.3. The predicted octanol–water partition coefficient (Wildman–Crippen LogP) is 15.1. The molecular weight excluding hydrogens is 801 g/mol. The molecule has 1 aromatic heterocycles. The molecule has 0 saturated carbocycles. The number of hydrogen-bond donors (Lipinski definition) is 0. The average Bonchev–Trinajstić information content (AvgIpc) is 3.55. The molecule has 0 bridgehead atoms. The molecule has 0 amide bonds. The van der Waals surface area contributed by atoms with Gasteiger partial charge in [0.2, 0.25) is 0 Å². The lowest BCUT2D eigenvalue weighted by molar-refractivity contribution is 0.264. The molecule has 0 fully saturated rings. The Bertz CT molecular complexity index is 3120. The van der Waals surface area contributed by atoms with E-state index in [1.807, 2.05) is 0 Å². The first kappa shape index (κ1) is 42.0. The van der Waals surface area contributed by atoms with Crippen LogP contribution in [0, 0.1) is 29.6 Å². The zero-order valence-electron chi connectivity index (χ0n) is 39.5. The number of aliphatic imine (C=N–C) groups is 2. The Hall–Kier alpha value is -6.65. The number of aromatic nitrogens is 1. The minimum absolute atomic E-state index is 0.0619. The van der Waals surface area contributed by atoms with Gasteiger partial charge in [-0.05, 0) is 128 Å². The van der Waals surface area contributed by atoms with Crippen molar-refractivity contribution in [3.05, 3.63) is 203 Å². The van der Waals surface area contributed by atoms with Crippen molar-refractivity contribution in [3.63, 3.8) is 0 Å². The molecule has 0 N–H and O–H groups in total. The molecule has 0 radical (unpaired) electrons. The summed E-state index contributed by atoms with van der Waals surface area (Å²) >= 11 is 0. The summed E-state index contributed by atoms with van der Waals surface area (Å²) in [5.74, 6) is 3.77. The number of nitrogens with zero attached hydrogens (tertiary/aromatic N) is 4. The first-order chi connectivity index (χ1) is 32.0. The maximum atomic E-state index is 5.54. The fourth-order valence-corrected chi connectivity index (χ4v) is 11.3. The SMILES string of the molecule is CC1C=C(C2=CC=C(c3cc(-c4cccc(-c5ccc(C6=NC(C7C=CC=CC7C)N(C)C(C7=CC(C)CC=C7)=N6)cc5)c4)c4cc5c(cc4n3)C(C)(C)c3ccccc3-5)C(C)C2)C=CC1. The van der Waals surface area contributed by atoms with Gasteiger partial charge < -0.3 is 4.90 Å². The highest BCUT2D eigenvalue weighted by Crippen LogP contribution is 2.51. The molecule has 1 aliphatic heterocycles. The van der Waals surface area contributed by atoms with Crippen LogP contribution in [0.2, 0.25) is 0 Å². The molecule has 5 aliphatic carbocycles. The van der Waals surface area contributed by atoms with E-state index in [0.717, 1.165) is 53.3 Å². The molecule has 6 aliphatic rings. The van der Waals surface area contributed by atoms with Gasteiger partial charge in [-0.15, -0.1) is 0 Å². The van der Waals surface area contributed by atoms with Crippen LogP contribution in [0.1, 0.15) is 83.2 Å². The summed E-state index contributed by atoms with van der Waals surface area (Å²) in [5, 5.41) is 1.18. The number of likely N-dealkylation sites (N-methyl/N-ethyl adjacent to an activating group) is 1. The second-order valence-electron chi connectivity index (χ2n) is 20.3. The third-order valence-corrected chi connectivity index (χ3v) is 15.2. The molecule has 4 aromatic carbocycles. The van der Waals surface area contributed by atoms with Crippen LogP contribution < -0.4 is 0 Å². The van der Waals surface area contributed by atoms with Crippen molar-refractivity contribution >= 4 is 28.1 Å². The third-order valence-electron chi connectivity index (χ3n) is 15.2. The van der Waals surface area contributed by atoms with Crippen molar-refractivity contribution in [1.82, 2.24) is 9.88 Å². The van der Waals surface area contributed by atoms with E-state index in [9.17, 15) is 0 Å². The van der Waals surface area contributed by atoms with Gasteiger partial charge in [0.1, 0.15) is 12.0 Å². The highest BCUT2D eigenvalue weighted by atomic mass is 15.3. The lowest BCUT2D eigenvalue weighted by atomic mass is 9.80. The molecule has 328 valence electrons. The van der Waals surface area contributed by atoms with E-state index < -0.39 is 0 Å². The topological polar surface area (TPSA) is 40.9 Å². The van der Waals surface area contributed by atoms with Gasteiger partial charge in [0.15, 0.2) is 5.84 Å². The normalized spacial score (nSPS) is 25.1. The van der Waals surface area contributed by atoms with Gasteiger partial charge in [-0.3, -0.25) is 0 Å². The zero-order chi connectivity index (χ0) is 45.3. The second kappa shape index (κ2) is 16.7. The van der Waals surface area contributed by atoms with Crippen LogP contribution in [0.5, 0.6) is 0 Å². The summed E-state index contributed by atoms with van der Waals surface area (Å²) < 4.78 is 0. The third kappa shape index (κ3) is 7.45. The summed E-state index contributed by atoms with van der Waals surface area (Å²) in [6.45, 7) is 14.0. The molecule has 66 heavy (non-hydrogen) atoms. The summed E-state index contributed by atoms with van der Waals surface area (Å²) in [4.78, 5) is 18.5. The van der Waals surface area contributed by atoms with Gasteiger partial charge in [0, 0.05) is 34.9 Å². The van der Waals surface area contributed by atoms with Gasteiger partial charge in [-0.25, -0.2) is 15.0 Å². The highest BCUT2D eigenvalue weighted by molar-refractivity contribution is 6.14. The minimum Gasteiger partial charge on any atom is -0.336 e. The number of hydrogen-bond acceptors (Lipinski definition) is 4. The van der Waals surface area contributed by atoms with Crippen molar-refractivity contribution in [2.45, 2.75) is 72.4 Å². The maximum Gasteiger partial charge on any atom is 0.159 e. The van der Waals surface area contributed by atoms with E-state index in [-0.39, 0.29) is 17.5 Å². The molecule has 11 rings (SSSR count). The van der Waals surface area contributed by atoms with Gasteiger partial charge in [-0.2, -0.15) is 0 Å². The van der Waals surface area contributed by atoms with E-state index in [1.165, 1.54) is 66.6 Å². The Kier molecular flexibility index (Phi) is 10.6. The Morgan fingerprint density at radius 3 is 2.15 bits per heavy atom. The minimum atomic E-state index is -0.115. The fourth-order valence-electron chi connectivity index (χ4n) is 11.3. The van der Waals surface area contributed by atoms with Gasteiger partial charge >= 0.3 is 0 Å². The van der Waals surface area contributed by atoms with Crippen molar-refractivity contribution in [3.8, 4) is 33.4 Å². The maximum absolute atomic E-state index is 5.54. The lowest BCUT2D eigenvalue weighted by Crippen LogP contribution is -2.46. The zero-order valence-corrected chi connectivity index (χ0v) is 39.5. The van der Waals surface area contributed by atoms with Crippen LogP contribution in [-0.2, 0) is 5.41 Å². The van der Waals surface area contributed by atoms with E-state index in [4.69, 9.17) is 15.0 Å². The van der Waals surface area contributed by atoms with Crippen LogP contribution in [0.15, 0.2) is 191 Å². The van der Waals surface area contributed by atoms with Crippen molar-refractivity contribution in [1.29, 1.82) is 0 Å². The summed E-state index contributed by atoms with van der Waals surface area (Å²) in [6, 6.07) is 34.1. The molecule has 0 spiro atoms. The summed E-state index contributed by atoms with van der Waals surface area (Å²) in [6.07, 6.45) is 30.7. The number of rotatable bonds is 7. The first-order valence-electron chi connectivity index (χ1n) is 24.2. The van der Waals surface area contributed by atoms with Crippen LogP contribution >= 0.6 is 0 Å². The van der Waals surface area contributed by atoms with Crippen LogP contribution in [0.4, 0.5) is 0 Å². The molecule has 2 heterocycles. The molecular formula is C62H60N4. The van der Waals surface area contributed by atoms with Gasteiger partial charge in [0.25, 0.3) is 0 Å². The van der Waals surface area contributed by atoms with E-state index >= 15 is 0 Å². The van der Waals surface area contributed by atoms with E-state index in [2.05, 4.69) is 217 Å². The number of pyridine rings is 1. The Labute approximate surface area is 391 Å². The number of fused-ring (bicyclic) bond motifs is 4. The monoisotopic (exact) mass is 860 g/mol. The molecule has 0 saturated heterocycles. The summed E-state index contributed by atoms with van der Waals surface area (Å²) in [7, 11) is 2.16. The largest absolute Gasteiger partial charge is 0.336 e. The van der Waals surface area contributed by atoms with Crippen LogP contribution in [0.3, 0.4) is 0 Å². The first-order valence-corrected chi connectivity index (χ1v) is 24.2. The predicted molar refractivity (Wildman–Crippen MR) is 278 cm³/mol. The summed E-state index contributed by atoms with van der Waals surface area (Å²) in [5.41, 5.74) is 18.4. The van der Waals surface area contributed by atoms with Crippen molar-refractivity contribution < 1.29 is 0 Å². The van der Waals surface area contributed by atoms with Gasteiger partial charge in [0.05, 0.1) is 11.2 Å². The Morgan fingerprint density at radius 1 is 0.652 bits per heavy atom. The number of amidine groups is 2. The lowest BCUT2D eigenvalue weighted by Gasteiger charge is -2.38. The smallest absolute Gasteiger partial charge is 0.159 e.